The highest BCUT2D eigenvalue weighted by Gasteiger charge is 2.28. The average molecular weight is 250 g/mol. The predicted octanol–water partition coefficient (Wildman–Crippen LogP) is 2.94. The van der Waals surface area contributed by atoms with Crippen LogP contribution >= 0.6 is 0 Å². The van der Waals surface area contributed by atoms with E-state index in [1.54, 1.807) is 6.07 Å². The monoisotopic (exact) mass is 250 g/mol. The Kier molecular flexibility index (Phi) is 4.36. The van der Waals surface area contributed by atoms with Crippen LogP contribution in [0.3, 0.4) is 0 Å². The summed E-state index contributed by atoms with van der Waals surface area (Å²) in [5.74, 6) is 6.99. The number of hydrogen-bond acceptors (Lipinski definition) is 2. The summed E-state index contributed by atoms with van der Waals surface area (Å²) in [6.07, 6.45) is 4.68. The SMILES string of the molecule is Cc1cc(F)ccc1CC(NN)C1CCC(C)C1. The summed E-state index contributed by atoms with van der Waals surface area (Å²) in [4.78, 5) is 0. The van der Waals surface area contributed by atoms with Crippen LogP contribution in [0.4, 0.5) is 4.39 Å². The molecule has 0 amide bonds. The van der Waals surface area contributed by atoms with Gasteiger partial charge in [-0.15, -0.1) is 0 Å². The third-order valence-corrected chi connectivity index (χ3v) is 4.26. The van der Waals surface area contributed by atoms with Crippen molar-refractivity contribution in [2.24, 2.45) is 17.7 Å². The van der Waals surface area contributed by atoms with Gasteiger partial charge in [0.2, 0.25) is 0 Å². The Morgan fingerprint density at radius 1 is 1.44 bits per heavy atom. The molecule has 1 fully saturated rings. The topological polar surface area (TPSA) is 38.0 Å². The molecule has 0 saturated heterocycles. The second kappa shape index (κ2) is 5.81. The maximum absolute atomic E-state index is 13.1. The van der Waals surface area contributed by atoms with Crippen molar-refractivity contribution in [2.45, 2.75) is 45.6 Å². The van der Waals surface area contributed by atoms with Crippen LogP contribution in [0, 0.1) is 24.6 Å². The van der Waals surface area contributed by atoms with Gasteiger partial charge in [-0.3, -0.25) is 11.3 Å². The molecule has 1 aliphatic rings. The van der Waals surface area contributed by atoms with E-state index in [-0.39, 0.29) is 5.82 Å². The summed E-state index contributed by atoms with van der Waals surface area (Å²) < 4.78 is 13.1. The second-order valence-corrected chi connectivity index (χ2v) is 5.73. The van der Waals surface area contributed by atoms with Crippen molar-refractivity contribution in [3.8, 4) is 0 Å². The van der Waals surface area contributed by atoms with Crippen molar-refractivity contribution in [1.82, 2.24) is 5.43 Å². The van der Waals surface area contributed by atoms with Crippen molar-refractivity contribution < 1.29 is 4.39 Å². The number of hydrogen-bond donors (Lipinski definition) is 2. The molecule has 1 aromatic carbocycles. The van der Waals surface area contributed by atoms with Crippen LogP contribution in [0.2, 0.25) is 0 Å². The molecule has 1 saturated carbocycles. The molecule has 2 rings (SSSR count). The Hall–Kier alpha value is -0.930. The second-order valence-electron chi connectivity index (χ2n) is 5.73. The van der Waals surface area contributed by atoms with Gasteiger partial charge < -0.3 is 0 Å². The smallest absolute Gasteiger partial charge is 0.123 e. The van der Waals surface area contributed by atoms with Gasteiger partial charge in [0.15, 0.2) is 0 Å². The van der Waals surface area contributed by atoms with Gasteiger partial charge in [-0.25, -0.2) is 4.39 Å². The molecule has 3 unspecified atom stereocenters. The standard InChI is InChI=1S/C15H23FN2/c1-10-3-4-13(7-10)15(18-17)9-12-5-6-14(16)8-11(12)2/h5-6,8,10,13,15,18H,3-4,7,9,17H2,1-2H3. The molecular formula is C15H23FN2. The Morgan fingerprint density at radius 3 is 2.78 bits per heavy atom. The molecule has 3 N–H and O–H groups in total. The maximum Gasteiger partial charge on any atom is 0.123 e. The first-order chi connectivity index (χ1) is 8.60. The highest BCUT2D eigenvalue weighted by Crippen LogP contribution is 2.33. The van der Waals surface area contributed by atoms with E-state index in [0.717, 1.165) is 17.9 Å². The summed E-state index contributed by atoms with van der Waals surface area (Å²) in [5, 5.41) is 0. The molecular weight excluding hydrogens is 227 g/mol. The summed E-state index contributed by atoms with van der Waals surface area (Å²) in [6, 6.07) is 5.32. The van der Waals surface area contributed by atoms with E-state index in [9.17, 15) is 4.39 Å². The molecule has 0 bridgehead atoms. The van der Waals surface area contributed by atoms with Crippen molar-refractivity contribution in [3.05, 3.63) is 35.1 Å². The fraction of sp³-hybridized carbons (Fsp3) is 0.600. The Bertz CT molecular complexity index is 405. The van der Waals surface area contributed by atoms with Crippen molar-refractivity contribution in [1.29, 1.82) is 0 Å². The lowest BCUT2D eigenvalue weighted by atomic mass is 9.90. The van der Waals surface area contributed by atoms with Gasteiger partial charge in [0.1, 0.15) is 5.82 Å². The number of benzene rings is 1. The van der Waals surface area contributed by atoms with Crippen LogP contribution in [0.1, 0.15) is 37.3 Å². The zero-order valence-corrected chi connectivity index (χ0v) is 11.2. The minimum absolute atomic E-state index is 0.164. The van der Waals surface area contributed by atoms with Gasteiger partial charge in [0.05, 0.1) is 0 Å². The molecule has 0 radical (unpaired) electrons. The molecule has 18 heavy (non-hydrogen) atoms. The molecule has 1 aliphatic carbocycles. The van der Waals surface area contributed by atoms with E-state index in [2.05, 4.69) is 12.3 Å². The molecule has 0 aromatic heterocycles. The normalized spacial score (nSPS) is 25.3. The van der Waals surface area contributed by atoms with E-state index in [1.807, 2.05) is 13.0 Å². The van der Waals surface area contributed by atoms with Gasteiger partial charge in [0.25, 0.3) is 0 Å². The number of nitrogens with two attached hydrogens (primary N) is 1. The minimum atomic E-state index is -0.164. The number of halogens is 1. The number of rotatable bonds is 4. The Labute approximate surface area is 109 Å². The van der Waals surface area contributed by atoms with Crippen LogP contribution < -0.4 is 11.3 Å². The van der Waals surface area contributed by atoms with Gasteiger partial charge in [-0.2, -0.15) is 0 Å². The largest absolute Gasteiger partial charge is 0.271 e. The van der Waals surface area contributed by atoms with Gasteiger partial charge in [0, 0.05) is 6.04 Å². The maximum atomic E-state index is 13.1. The fourth-order valence-corrected chi connectivity index (χ4v) is 3.10. The zero-order valence-electron chi connectivity index (χ0n) is 11.2. The van der Waals surface area contributed by atoms with Crippen molar-refractivity contribution in [2.75, 3.05) is 0 Å². The number of nitrogens with one attached hydrogen (secondary N) is 1. The van der Waals surface area contributed by atoms with E-state index in [1.165, 1.54) is 30.9 Å². The van der Waals surface area contributed by atoms with E-state index in [4.69, 9.17) is 5.84 Å². The lowest BCUT2D eigenvalue weighted by molar-refractivity contribution is 0.352. The third kappa shape index (κ3) is 3.09. The van der Waals surface area contributed by atoms with Crippen LogP contribution in [-0.2, 0) is 6.42 Å². The zero-order chi connectivity index (χ0) is 13.1. The lowest BCUT2D eigenvalue weighted by Gasteiger charge is -2.23. The summed E-state index contributed by atoms with van der Waals surface area (Å²) >= 11 is 0. The van der Waals surface area contributed by atoms with E-state index >= 15 is 0 Å². The van der Waals surface area contributed by atoms with Gasteiger partial charge >= 0.3 is 0 Å². The Morgan fingerprint density at radius 2 is 2.22 bits per heavy atom. The van der Waals surface area contributed by atoms with Crippen LogP contribution in [0.15, 0.2) is 18.2 Å². The first kappa shape index (κ1) is 13.5. The molecule has 0 aliphatic heterocycles. The molecule has 2 nitrogen and oxygen atoms in total. The highest BCUT2D eigenvalue weighted by molar-refractivity contribution is 5.27. The lowest BCUT2D eigenvalue weighted by Crippen LogP contribution is -2.41. The molecule has 3 heteroatoms. The number of aryl methyl sites for hydroxylation is 1. The van der Waals surface area contributed by atoms with E-state index in [0.29, 0.717) is 12.0 Å². The van der Waals surface area contributed by atoms with Crippen LogP contribution in [0.5, 0.6) is 0 Å². The summed E-state index contributed by atoms with van der Waals surface area (Å²) in [7, 11) is 0. The fourth-order valence-electron chi connectivity index (χ4n) is 3.10. The van der Waals surface area contributed by atoms with Crippen molar-refractivity contribution in [3.63, 3.8) is 0 Å². The first-order valence-electron chi connectivity index (χ1n) is 6.81. The van der Waals surface area contributed by atoms with Gasteiger partial charge in [-0.1, -0.05) is 19.4 Å². The molecule has 0 heterocycles. The van der Waals surface area contributed by atoms with Crippen LogP contribution in [0.25, 0.3) is 0 Å². The third-order valence-electron chi connectivity index (χ3n) is 4.26. The number of hydrazine groups is 1. The molecule has 1 aromatic rings. The predicted molar refractivity (Wildman–Crippen MR) is 72.5 cm³/mol. The van der Waals surface area contributed by atoms with E-state index < -0.39 is 0 Å². The van der Waals surface area contributed by atoms with Gasteiger partial charge in [-0.05, 0) is 61.3 Å². The Balaban J connectivity index is 2.05. The quantitative estimate of drug-likeness (QED) is 0.637. The van der Waals surface area contributed by atoms with Crippen molar-refractivity contribution >= 4 is 0 Å². The molecule has 100 valence electrons. The minimum Gasteiger partial charge on any atom is -0.271 e. The summed E-state index contributed by atoms with van der Waals surface area (Å²) in [5.41, 5.74) is 5.17. The average Bonchev–Trinajstić information content (AvgIpc) is 2.75. The highest BCUT2D eigenvalue weighted by atomic mass is 19.1. The molecule has 0 spiro atoms. The molecule has 3 atom stereocenters. The first-order valence-corrected chi connectivity index (χ1v) is 6.81. The summed E-state index contributed by atoms with van der Waals surface area (Å²) in [6.45, 7) is 4.26. The van der Waals surface area contributed by atoms with Crippen LogP contribution in [-0.4, -0.2) is 6.04 Å².